The molecule has 3 aliphatic rings. The van der Waals surface area contributed by atoms with Gasteiger partial charge >= 0.3 is 0 Å². The lowest BCUT2D eigenvalue weighted by Gasteiger charge is -2.39. The number of nitrogens with zero attached hydrogens (tertiary/aromatic N) is 3. The van der Waals surface area contributed by atoms with Crippen molar-refractivity contribution in [2.45, 2.75) is 46.1 Å². The van der Waals surface area contributed by atoms with Gasteiger partial charge < -0.3 is 4.90 Å². The smallest absolute Gasteiger partial charge is 0.237 e. The molecule has 0 spiro atoms. The minimum atomic E-state index is 0.325. The maximum Gasteiger partial charge on any atom is 0.237 e. The zero-order valence-electron chi connectivity index (χ0n) is 18.4. The fourth-order valence-electron chi connectivity index (χ4n) is 6.07. The number of piperazine rings is 1. The van der Waals surface area contributed by atoms with Crippen LogP contribution in [0.2, 0.25) is 0 Å². The largest absolute Gasteiger partial charge is 0.338 e. The van der Waals surface area contributed by atoms with Gasteiger partial charge in [-0.25, -0.2) is 0 Å². The highest BCUT2D eigenvalue weighted by Crippen LogP contribution is 2.52. The molecule has 29 heavy (non-hydrogen) atoms. The van der Waals surface area contributed by atoms with Gasteiger partial charge in [0.15, 0.2) is 0 Å². The van der Waals surface area contributed by atoms with Crippen LogP contribution in [0.25, 0.3) is 6.08 Å². The van der Waals surface area contributed by atoms with Gasteiger partial charge in [0.2, 0.25) is 5.91 Å². The first-order chi connectivity index (χ1) is 13.8. The van der Waals surface area contributed by atoms with Crippen LogP contribution in [-0.4, -0.2) is 72.5 Å². The van der Waals surface area contributed by atoms with Gasteiger partial charge in [-0.1, -0.05) is 63.3 Å². The van der Waals surface area contributed by atoms with E-state index >= 15 is 0 Å². The van der Waals surface area contributed by atoms with E-state index in [1.54, 1.807) is 0 Å². The normalized spacial score (nSPS) is 30.2. The van der Waals surface area contributed by atoms with Crippen LogP contribution in [0.3, 0.4) is 0 Å². The summed E-state index contributed by atoms with van der Waals surface area (Å²) in [5.74, 6) is 0.355. The molecule has 3 fully saturated rings. The summed E-state index contributed by atoms with van der Waals surface area (Å²) in [4.78, 5) is 20.1. The molecule has 2 saturated heterocycles. The lowest BCUT2D eigenvalue weighted by atomic mass is 9.65. The molecule has 4 heteroatoms. The summed E-state index contributed by atoms with van der Waals surface area (Å²) in [6, 6.07) is 10.9. The van der Waals surface area contributed by atoms with Gasteiger partial charge in [0, 0.05) is 45.3 Å². The van der Waals surface area contributed by atoms with Crippen molar-refractivity contribution in [2.24, 2.45) is 10.8 Å². The van der Waals surface area contributed by atoms with E-state index in [-0.39, 0.29) is 0 Å². The van der Waals surface area contributed by atoms with Crippen LogP contribution in [0.5, 0.6) is 0 Å². The maximum absolute atomic E-state index is 13.1. The second kappa shape index (κ2) is 8.23. The van der Waals surface area contributed by atoms with E-state index in [1.807, 2.05) is 6.07 Å². The molecule has 4 nitrogen and oxygen atoms in total. The molecular formula is C25H37N3O. The van der Waals surface area contributed by atoms with Crippen LogP contribution in [0.15, 0.2) is 36.4 Å². The molecular weight excluding hydrogens is 358 g/mol. The Labute approximate surface area is 176 Å². The number of carbonyl (C=O) groups is 1. The molecule has 0 unspecified atom stereocenters. The van der Waals surface area contributed by atoms with Gasteiger partial charge in [-0.3, -0.25) is 14.6 Å². The highest BCUT2D eigenvalue weighted by Gasteiger charge is 2.50. The molecule has 2 heterocycles. The second-order valence-electron chi connectivity index (χ2n) is 10.6. The van der Waals surface area contributed by atoms with Crippen molar-refractivity contribution in [1.29, 1.82) is 0 Å². The zero-order chi connectivity index (χ0) is 20.5. The summed E-state index contributed by atoms with van der Waals surface area (Å²) in [5, 5.41) is 0. The number of hydrogen-bond donors (Lipinski definition) is 0. The van der Waals surface area contributed by atoms with Crippen molar-refractivity contribution < 1.29 is 4.79 Å². The number of rotatable bonds is 5. The molecule has 4 rings (SSSR count). The summed E-state index contributed by atoms with van der Waals surface area (Å²) in [6.45, 7) is 13.7. The summed E-state index contributed by atoms with van der Waals surface area (Å²) >= 11 is 0. The zero-order valence-corrected chi connectivity index (χ0v) is 18.4. The Kier molecular flexibility index (Phi) is 5.85. The first-order valence-corrected chi connectivity index (χ1v) is 11.3. The molecule has 0 N–H and O–H groups in total. The molecule has 2 bridgehead atoms. The number of amides is 1. The van der Waals surface area contributed by atoms with Gasteiger partial charge in [-0.05, 0) is 35.7 Å². The van der Waals surface area contributed by atoms with E-state index in [1.165, 1.54) is 18.4 Å². The molecule has 0 aromatic heterocycles. The Hall–Kier alpha value is -1.65. The molecule has 1 aromatic rings. The lowest BCUT2D eigenvalue weighted by molar-refractivity contribution is -0.134. The summed E-state index contributed by atoms with van der Waals surface area (Å²) in [5.41, 5.74) is 1.95. The predicted molar refractivity (Wildman–Crippen MR) is 120 cm³/mol. The first-order valence-electron chi connectivity index (χ1n) is 11.3. The third-order valence-corrected chi connectivity index (χ3v) is 7.03. The van der Waals surface area contributed by atoms with Gasteiger partial charge in [0.25, 0.3) is 0 Å². The average Bonchev–Trinajstić information content (AvgIpc) is 2.93. The molecule has 1 saturated carbocycles. The fourth-order valence-corrected chi connectivity index (χ4v) is 6.07. The predicted octanol–water partition coefficient (Wildman–Crippen LogP) is 3.74. The Bertz CT molecular complexity index is 736. The SMILES string of the molecule is CC1(C)C[C@@H]2C[C@](C)(CN2C(=O)CN2CCN(C/C=C/c3ccccc3)CC2)C1. The van der Waals surface area contributed by atoms with Crippen molar-refractivity contribution in [2.75, 3.05) is 45.8 Å². The number of hydrogen-bond acceptors (Lipinski definition) is 3. The van der Waals surface area contributed by atoms with Gasteiger partial charge in [-0.2, -0.15) is 0 Å². The van der Waals surface area contributed by atoms with Crippen LogP contribution < -0.4 is 0 Å². The first kappa shape index (κ1) is 20.6. The summed E-state index contributed by atoms with van der Waals surface area (Å²) in [7, 11) is 0. The molecule has 1 amide bonds. The van der Waals surface area contributed by atoms with Gasteiger partial charge in [-0.15, -0.1) is 0 Å². The monoisotopic (exact) mass is 395 g/mol. The fraction of sp³-hybridized carbons (Fsp3) is 0.640. The van der Waals surface area contributed by atoms with Crippen LogP contribution in [0.1, 0.15) is 45.6 Å². The molecule has 0 radical (unpaired) electrons. The molecule has 1 aromatic carbocycles. The second-order valence-corrected chi connectivity index (χ2v) is 10.6. The van der Waals surface area contributed by atoms with Crippen LogP contribution in [-0.2, 0) is 4.79 Å². The Morgan fingerprint density at radius 2 is 1.72 bits per heavy atom. The molecule has 2 atom stereocenters. The Morgan fingerprint density at radius 3 is 2.45 bits per heavy atom. The molecule has 158 valence electrons. The highest BCUT2D eigenvalue weighted by molar-refractivity contribution is 5.79. The maximum atomic E-state index is 13.1. The van der Waals surface area contributed by atoms with E-state index < -0.39 is 0 Å². The van der Waals surface area contributed by atoms with Gasteiger partial charge in [0.05, 0.1) is 6.54 Å². The number of carbonyl (C=O) groups excluding carboxylic acids is 1. The van der Waals surface area contributed by atoms with E-state index in [0.717, 1.165) is 45.7 Å². The third-order valence-electron chi connectivity index (χ3n) is 7.03. The summed E-state index contributed by atoms with van der Waals surface area (Å²) < 4.78 is 0. The average molecular weight is 396 g/mol. The van der Waals surface area contributed by atoms with Crippen molar-refractivity contribution >= 4 is 12.0 Å². The van der Waals surface area contributed by atoms with Crippen LogP contribution in [0.4, 0.5) is 0 Å². The summed E-state index contributed by atoms with van der Waals surface area (Å²) in [6.07, 6.45) is 8.06. The topological polar surface area (TPSA) is 26.8 Å². The van der Waals surface area contributed by atoms with Crippen molar-refractivity contribution in [3.63, 3.8) is 0 Å². The lowest BCUT2D eigenvalue weighted by Crippen LogP contribution is -2.50. The van der Waals surface area contributed by atoms with Gasteiger partial charge in [0.1, 0.15) is 0 Å². The minimum absolute atomic E-state index is 0.325. The van der Waals surface area contributed by atoms with Crippen molar-refractivity contribution in [1.82, 2.24) is 14.7 Å². The third kappa shape index (κ3) is 5.10. The minimum Gasteiger partial charge on any atom is -0.338 e. The Balaban J connectivity index is 1.23. The molecule has 2 aliphatic heterocycles. The van der Waals surface area contributed by atoms with Crippen LogP contribution in [0, 0.1) is 10.8 Å². The van der Waals surface area contributed by atoms with E-state index in [2.05, 4.69) is 71.9 Å². The van der Waals surface area contributed by atoms with E-state index in [0.29, 0.717) is 29.3 Å². The van der Waals surface area contributed by atoms with Crippen molar-refractivity contribution in [3.05, 3.63) is 42.0 Å². The van der Waals surface area contributed by atoms with Crippen molar-refractivity contribution in [3.8, 4) is 0 Å². The Morgan fingerprint density at radius 1 is 1.03 bits per heavy atom. The quantitative estimate of drug-likeness (QED) is 0.760. The number of fused-ring (bicyclic) bond motifs is 2. The van der Waals surface area contributed by atoms with E-state index in [4.69, 9.17) is 0 Å². The highest BCUT2D eigenvalue weighted by atomic mass is 16.2. The number of likely N-dealkylation sites (tertiary alicyclic amines) is 1. The standard InChI is InChI=1S/C25H37N3O/c1-24(2)16-22-17-25(3,19-24)20-28(22)23(29)18-27-14-12-26(13-15-27)11-7-10-21-8-5-4-6-9-21/h4-10,22H,11-20H2,1-3H3/b10-7+/t22-,25+/m1/s1. The van der Waals surface area contributed by atoms with Crippen LogP contribution >= 0.6 is 0 Å². The molecule has 1 aliphatic carbocycles. The van der Waals surface area contributed by atoms with E-state index in [9.17, 15) is 4.79 Å². The number of benzene rings is 1.